The maximum absolute atomic E-state index is 12.3. The molecule has 0 aliphatic heterocycles. The van der Waals surface area contributed by atoms with E-state index in [-0.39, 0.29) is 34.4 Å². The van der Waals surface area contributed by atoms with Crippen LogP contribution in [0.25, 0.3) is 0 Å². The minimum Gasteiger partial charge on any atom is -0.462 e. The first kappa shape index (κ1) is 21.0. The Morgan fingerprint density at radius 1 is 1.19 bits per heavy atom. The van der Waals surface area contributed by atoms with Gasteiger partial charge in [-0.3, -0.25) is 9.59 Å². The van der Waals surface area contributed by atoms with Crippen LogP contribution < -0.4 is 11.1 Å². The van der Waals surface area contributed by atoms with Crippen molar-refractivity contribution in [3.63, 3.8) is 0 Å². The number of hydrogen-bond donors (Lipinski definition) is 2. The van der Waals surface area contributed by atoms with Crippen LogP contribution in [-0.4, -0.2) is 30.1 Å². The summed E-state index contributed by atoms with van der Waals surface area (Å²) in [4.78, 5) is 37.4. The van der Waals surface area contributed by atoms with E-state index >= 15 is 0 Å². The second kappa shape index (κ2) is 9.57. The molecule has 0 bridgehead atoms. The van der Waals surface area contributed by atoms with E-state index in [1.54, 1.807) is 25.6 Å². The fraction of sp³-hybridized carbons (Fsp3) is 0.316. The number of carbonyl (C=O) groups excluding carboxylic acids is 3. The minimum atomic E-state index is -0.691. The molecule has 0 aliphatic carbocycles. The number of amides is 2. The largest absolute Gasteiger partial charge is 0.462 e. The Morgan fingerprint density at radius 3 is 2.44 bits per heavy atom. The molecule has 2 rings (SSSR count). The molecule has 0 unspecified atom stereocenters. The van der Waals surface area contributed by atoms with Gasteiger partial charge in [-0.15, -0.1) is 23.1 Å². The standard InChI is InChI=1S/C19H22N2O4S2/c1-4-25-19(24)16-12(3)15(17(20)23)18(27-16)21-14(22)9-10-26-13-7-5-11(2)6-8-13/h5-8H,4,9-10H2,1-3H3,(H2,20,23)(H,21,22). The average Bonchev–Trinajstić information content (AvgIpc) is 2.93. The molecular formula is C19H22N2O4S2. The predicted molar refractivity (Wildman–Crippen MR) is 109 cm³/mol. The summed E-state index contributed by atoms with van der Waals surface area (Å²) in [5.74, 6) is -0.870. The normalized spacial score (nSPS) is 10.5. The lowest BCUT2D eigenvalue weighted by Gasteiger charge is -2.05. The molecule has 1 aromatic carbocycles. The van der Waals surface area contributed by atoms with Crippen LogP contribution in [0.3, 0.4) is 0 Å². The molecule has 2 aromatic rings. The number of thioether (sulfide) groups is 1. The molecule has 144 valence electrons. The lowest BCUT2D eigenvalue weighted by atomic mass is 10.1. The Bertz CT molecular complexity index is 844. The summed E-state index contributed by atoms with van der Waals surface area (Å²) in [5, 5.41) is 2.99. The molecule has 27 heavy (non-hydrogen) atoms. The zero-order valence-corrected chi connectivity index (χ0v) is 17.1. The topological polar surface area (TPSA) is 98.5 Å². The zero-order valence-electron chi connectivity index (χ0n) is 15.5. The van der Waals surface area contributed by atoms with E-state index < -0.39 is 11.9 Å². The number of ether oxygens (including phenoxy) is 1. The lowest BCUT2D eigenvalue weighted by Crippen LogP contribution is -2.17. The summed E-state index contributed by atoms with van der Waals surface area (Å²) in [6, 6.07) is 8.06. The number of esters is 1. The van der Waals surface area contributed by atoms with E-state index in [1.807, 2.05) is 31.2 Å². The molecule has 0 fully saturated rings. The van der Waals surface area contributed by atoms with E-state index in [1.165, 1.54) is 5.56 Å². The van der Waals surface area contributed by atoms with Crippen LogP contribution in [0.1, 0.15) is 44.5 Å². The van der Waals surface area contributed by atoms with Gasteiger partial charge in [0, 0.05) is 17.1 Å². The number of hydrogen-bond acceptors (Lipinski definition) is 6. The first-order chi connectivity index (χ1) is 12.8. The molecule has 0 radical (unpaired) electrons. The molecule has 3 N–H and O–H groups in total. The molecule has 6 nitrogen and oxygen atoms in total. The third-order valence-electron chi connectivity index (χ3n) is 3.73. The van der Waals surface area contributed by atoms with Crippen LogP contribution in [-0.2, 0) is 9.53 Å². The van der Waals surface area contributed by atoms with Gasteiger partial charge in [0.1, 0.15) is 9.88 Å². The van der Waals surface area contributed by atoms with Gasteiger partial charge < -0.3 is 15.8 Å². The minimum absolute atomic E-state index is 0.155. The fourth-order valence-corrected chi connectivity index (χ4v) is 4.35. The summed E-state index contributed by atoms with van der Waals surface area (Å²) >= 11 is 2.58. The highest BCUT2D eigenvalue weighted by Gasteiger charge is 2.25. The summed E-state index contributed by atoms with van der Waals surface area (Å²) in [6.07, 6.45) is 0.266. The number of anilines is 1. The van der Waals surface area contributed by atoms with Crippen molar-refractivity contribution < 1.29 is 19.1 Å². The third kappa shape index (κ3) is 5.58. The monoisotopic (exact) mass is 406 g/mol. The second-order valence-electron chi connectivity index (χ2n) is 5.80. The van der Waals surface area contributed by atoms with Gasteiger partial charge >= 0.3 is 5.97 Å². The van der Waals surface area contributed by atoms with Crippen molar-refractivity contribution in [2.24, 2.45) is 5.73 Å². The lowest BCUT2D eigenvalue weighted by molar-refractivity contribution is -0.115. The molecule has 2 amide bonds. The van der Waals surface area contributed by atoms with Gasteiger partial charge in [-0.05, 0) is 38.5 Å². The molecular weight excluding hydrogens is 384 g/mol. The van der Waals surface area contributed by atoms with Crippen LogP contribution in [0.15, 0.2) is 29.2 Å². The molecule has 0 spiro atoms. The molecule has 1 heterocycles. The van der Waals surface area contributed by atoms with Gasteiger partial charge in [0.15, 0.2) is 0 Å². The van der Waals surface area contributed by atoms with Crippen molar-refractivity contribution in [1.29, 1.82) is 0 Å². The summed E-state index contributed by atoms with van der Waals surface area (Å²) in [6.45, 7) is 5.56. The van der Waals surface area contributed by atoms with Crippen LogP contribution in [0, 0.1) is 13.8 Å². The van der Waals surface area contributed by atoms with Crippen molar-refractivity contribution in [1.82, 2.24) is 0 Å². The van der Waals surface area contributed by atoms with E-state index in [0.29, 0.717) is 11.3 Å². The van der Waals surface area contributed by atoms with Crippen molar-refractivity contribution in [3.05, 3.63) is 45.8 Å². The van der Waals surface area contributed by atoms with Gasteiger partial charge in [-0.2, -0.15) is 0 Å². The van der Waals surface area contributed by atoms with E-state index in [4.69, 9.17) is 10.5 Å². The molecule has 0 saturated heterocycles. The van der Waals surface area contributed by atoms with Gasteiger partial charge in [0.05, 0.1) is 12.2 Å². The number of aryl methyl sites for hydroxylation is 1. The Balaban J connectivity index is 2.03. The van der Waals surface area contributed by atoms with Crippen molar-refractivity contribution in [2.75, 3.05) is 17.7 Å². The Kier molecular flexibility index (Phi) is 7.44. The van der Waals surface area contributed by atoms with Crippen LogP contribution >= 0.6 is 23.1 Å². The molecule has 0 saturated carbocycles. The van der Waals surface area contributed by atoms with Gasteiger partial charge in [-0.25, -0.2) is 4.79 Å². The number of benzene rings is 1. The van der Waals surface area contributed by atoms with Crippen molar-refractivity contribution in [3.8, 4) is 0 Å². The number of thiophene rings is 1. The van der Waals surface area contributed by atoms with Crippen LogP contribution in [0.5, 0.6) is 0 Å². The Hall–Kier alpha value is -2.32. The number of rotatable bonds is 8. The average molecular weight is 407 g/mol. The predicted octanol–water partition coefficient (Wildman–Crippen LogP) is 3.76. The number of carbonyl (C=O) groups is 3. The SMILES string of the molecule is CCOC(=O)c1sc(NC(=O)CCSc2ccc(C)cc2)c(C(N)=O)c1C. The summed E-state index contributed by atoms with van der Waals surface area (Å²) in [5.41, 5.74) is 7.19. The highest BCUT2D eigenvalue weighted by Crippen LogP contribution is 2.33. The second-order valence-corrected chi connectivity index (χ2v) is 7.99. The molecule has 0 aliphatic rings. The third-order valence-corrected chi connectivity index (χ3v) is 5.93. The van der Waals surface area contributed by atoms with E-state index in [0.717, 1.165) is 16.2 Å². The van der Waals surface area contributed by atoms with Crippen molar-refractivity contribution >= 4 is 45.9 Å². The number of nitrogens with one attached hydrogen (secondary N) is 1. The highest BCUT2D eigenvalue weighted by molar-refractivity contribution is 7.99. The Morgan fingerprint density at radius 2 is 1.85 bits per heavy atom. The summed E-state index contributed by atoms with van der Waals surface area (Å²) < 4.78 is 4.99. The van der Waals surface area contributed by atoms with Gasteiger partial charge in [0.2, 0.25) is 5.91 Å². The van der Waals surface area contributed by atoms with Crippen LogP contribution in [0.2, 0.25) is 0 Å². The molecule has 1 aromatic heterocycles. The first-order valence-corrected chi connectivity index (χ1v) is 10.2. The van der Waals surface area contributed by atoms with E-state index in [2.05, 4.69) is 5.32 Å². The number of primary amides is 1. The van der Waals surface area contributed by atoms with E-state index in [9.17, 15) is 14.4 Å². The van der Waals surface area contributed by atoms with Gasteiger partial charge in [0.25, 0.3) is 5.91 Å². The van der Waals surface area contributed by atoms with Gasteiger partial charge in [-0.1, -0.05) is 17.7 Å². The highest BCUT2D eigenvalue weighted by atomic mass is 32.2. The molecule has 8 heteroatoms. The van der Waals surface area contributed by atoms with Crippen molar-refractivity contribution in [2.45, 2.75) is 32.1 Å². The number of nitrogens with two attached hydrogens (primary N) is 1. The zero-order chi connectivity index (χ0) is 20.0. The van der Waals surface area contributed by atoms with Crippen LogP contribution in [0.4, 0.5) is 5.00 Å². The summed E-state index contributed by atoms with van der Waals surface area (Å²) in [7, 11) is 0. The quantitative estimate of drug-likeness (QED) is 0.514. The fourth-order valence-electron chi connectivity index (χ4n) is 2.37. The maximum Gasteiger partial charge on any atom is 0.348 e. The Labute approximate surface area is 166 Å². The molecule has 0 atom stereocenters. The smallest absolute Gasteiger partial charge is 0.348 e. The maximum atomic E-state index is 12.3. The first-order valence-electron chi connectivity index (χ1n) is 8.43.